The molecule has 0 aliphatic heterocycles. The van der Waals surface area contributed by atoms with Crippen LogP contribution < -0.4 is 5.32 Å². The average molecular weight is 317 g/mol. The van der Waals surface area contributed by atoms with Gasteiger partial charge < -0.3 is 15.3 Å². The molecule has 1 aromatic rings. The number of carbonyl (C=O) groups is 1. The van der Waals surface area contributed by atoms with Gasteiger partial charge in [0.05, 0.1) is 37.9 Å². The topological polar surface area (TPSA) is 102 Å². The minimum atomic E-state index is -0.0246. The van der Waals surface area contributed by atoms with E-state index in [1.807, 2.05) is 25.1 Å². The summed E-state index contributed by atoms with van der Waals surface area (Å²) in [5, 5.41) is 20.3. The van der Waals surface area contributed by atoms with Crippen LogP contribution in [0.2, 0.25) is 0 Å². The average Bonchev–Trinajstić information content (AvgIpc) is 2.56. The molecule has 0 saturated heterocycles. The minimum Gasteiger partial charge on any atom is -0.394 e. The summed E-state index contributed by atoms with van der Waals surface area (Å²) in [4.78, 5) is 22.0. The van der Waals surface area contributed by atoms with Gasteiger partial charge >= 0.3 is 0 Å². The van der Waals surface area contributed by atoms with Gasteiger partial charge in [0, 0.05) is 32.0 Å². The maximum absolute atomic E-state index is 12.0. The number of aromatic nitrogens is 1. The van der Waals surface area contributed by atoms with Crippen LogP contribution in [0.3, 0.4) is 0 Å². The molecule has 0 unspecified atom stereocenters. The standard InChI is InChI=1S/C16H23N5O2/c1-2-21(8-3-5-17)16(23)13-19-12-15-10-14(4-6-20-15)11-18-7-9-22/h4,6,10-11,19,22H,2-3,7-9,12-13H2,1H3. The lowest BCUT2D eigenvalue weighted by Gasteiger charge is -2.19. The Bertz CT molecular complexity index is 554. The molecule has 0 saturated carbocycles. The minimum absolute atomic E-state index is 0.0246. The molecule has 0 spiro atoms. The first-order valence-corrected chi connectivity index (χ1v) is 7.62. The molecule has 2 N–H and O–H groups in total. The van der Waals surface area contributed by atoms with E-state index in [4.69, 9.17) is 10.4 Å². The smallest absolute Gasteiger partial charge is 0.236 e. The normalized spacial score (nSPS) is 10.7. The highest BCUT2D eigenvalue weighted by atomic mass is 16.3. The van der Waals surface area contributed by atoms with E-state index in [2.05, 4.69) is 15.3 Å². The van der Waals surface area contributed by atoms with Gasteiger partial charge in [0.25, 0.3) is 0 Å². The van der Waals surface area contributed by atoms with E-state index in [0.717, 1.165) is 11.3 Å². The predicted octanol–water partition coefficient (Wildman–Crippen LogP) is 0.345. The van der Waals surface area contributed by atoms with E-state index in [0.29, 0.717) is 32.6 Å². The van der Waals surface area contributed by atoms with Crippen LogP contribution in [0.5, 0.6) is 0 Å². The van der Waals surface area contributed by atoms with E-state index in [-0.39, 0.29) is 19.1 Å². The zero-order chi connectivity index (χ0) is 16.9. The highest BCUT2D eigenvalue weighted by Crippen LogP contribution is 1.99. The van der Waals surface area contributed by atoms with Crippen LogP contribution in [0.15, 0.2) is 23.3 Å². The van der Waals surface area contributed by atoms with Crippen LogP contribution in [0.4, 0.5) is 0 Å². The van der Waals surface area contributed by atoms with Crippen molar-refractivity contribution in [2.45, 2.75) is 19.9 Å². The van der Waals surface area contributed by atoms with Crippen molar-refractivity contribution in [1.29, 1.82) is 5.26 Å². The Balaban J connectivity index is 2.44. The first kappa shape index (κ1) is 18.7. The number of rotatable bonds is 10. The highest BCUT2D eigenvalue weighted by molar-refractivity contribution is 5.79. The number of hydrogen-bond donors (Lipinski definition) is 2. The number of hydrogen-bond acceptors (Lipinski definition) is 6. The van der Waals surface area contributed by atoms with Crippen LogP contribution in [0.1, 0.15) is 24.6 Å². The quantitative estimate of drug-likeness (QED) is 0.606. The number of aliphatic hydroxyl groups is 1. The fourth-order valence-electron chi connectivity index (χ4n) is 1.95. The van der Waals surface area contributed by atoms with Crippen molar-refractivity contribution in [3.05, 3.63) is 29.6 Å². The first-order valence-electron chi connectivity index (χ1n) is 7.62. The van der Waals surface area contributed by atoms with Crippen molar-refractivity contribution in [3.8, 4) is 6.07 Å². The molecule has 0 radical (unpaired) electrons. The van der Waals surface area contributed by atoms with Crippen molar-refractivity contribution >= 4 is 12.1 Å². The lowest BCUT2D eigenvalue weighted by molar-refractivity contribution is -0.130. The Kier molecular flexibility index (Phi) is 9.20. The highest BCUT2D eigenvalue weighted by Gasteiger charge is 2.10. The van der Waals surface area contributed by atoms with Gasteiger partial charge in [0.2, 0.25) is 5.91 Å². The molecule has 1 rings (SSSR count). The Morgan fingerprint density at radius 3 is 3.13 bits per heavy atom. The number of nitriles is 1. The Labute approximate surface area is 136 Å². The van der Waals surface area contributed by atoms with E-state index >= 15 is 0 Å². The van der Waals surface area contributed by atoms with Crippen molar-refractivity contribution in [2.75, 3.05) is 32.8 Å². The SMILES string of the molecule is CCN(CCC#N)C(=O)CNCc1cc(C=NCCO)ccn1. The summed E-state index contributed by atoms with van der Waals surface area (Å²) in [6.07, 6.45) is 3.72. The number of carbonyl (C=O) groups excluding carboxylic acids is 1. The van der Waals surface area contributed by atoms with E-state index in [1.54, 1.807) is 17.3 Å². The molecular formula is C16H23N5O2. The number of aliphatic hydroxyl groups excluding tert-OH is 1. The molecule has 0 aromatic carbocycles. The summed E-state index contributed by atoms with van der Waals surface area (Å²) in [6, 6.07) is 5.75. The number of aliphatic imine (C=N–C) groups is 1. The largest absolute Gasteiger partial charge is 0.394 e. The Morgan fingerprint density at radius 2 is 2.43 bits per heavy atom. The maximum Gasteiger partial charge on any atom is 0.236 e. The summed E-state index contributed by atoms with van der Waals surface area (Å²) in [7, 11) is 0. The van der Waals surface area contributed by atoms with Gasteiger partial charge in [0.15, 0.2) is 0 Å². The van der Waals surface area contributed by atoms with Crippen molar-refractivity contribution in [1.82, 2.24) is 15.2 Å². The molecule has 0 fully saturated rings. The summed E-state index contributed by atoms with van der Waals surface area (Å²) in [5.41, 5.74) is 1.71. The van der Waals surface area contributed by atoms with Crippen LogP contribution in [0.25, 0.3) is 0 Å². The fraction of sp³-hybridized carbons (Fsp3) is 0.500. The summed E-state index contributed by atoms with van der Waals surface area (Å²) in [6.45, 7) is 4.04. The lowest BCUT2D eigenvalue weighted by atomic mass is 10.2. The number of nitrogens with zero attached hydrogens (tertiary/aromatic N) is 4. The van der Waals surface area contributed by atoms with E-state index in [9.17, 15) is 4.79 Å². The number of pyridine rings is 1. The molecule has 1 amide bonds. The summed E-state index contributed by atoms with van der Waals surface area (Å²) >= 11 is 0. The van der Waals surface area contributed by atoms with Gasteiger partial charge in [-0.3, -0.25) is 14.8 Å². The van der Waals surface area contributed by atoms with Crippen LogP contribution in [-0.4, -0.2) is 59.9 Å². The molecule has 0 bridgehead atoms. The fourth-order valence-corrected chi connectivity index (χ4v) is 1.95. The van der Waals surface area contributed by atoms with Crippen LogP contribution in [0, 0.1) is 11.3 Å². The van der Waals surface area contributed by atoms with Crippen LogP contribution in [-0.2, 0) is 11.3 Å². The summed E-state index contributed by atoms with van der Waals surface area (Å²) < 4.78 is 0. The maximum atomic E-state index is 12.0. The third-order valence-corrected chi connectivity index (χ3v) is 3.12. The molecule has 0 aliphatic carbocycles. The zero-order valence-corrected chi connectivity index (χ0v) is 13.4. The molecule has 1 aromatic heterocycles. The number of likely N-dealkylation sites (N-methyl/N-ethyl adjacent to an activating group) is 1. The molecule has 0 aliphatic rings. The molecule has 7 heteroatoms. The van der Waals surface area contributed by atoms with E-state index < -0.39 is 0 Å². The first-order chi connectivity index (χ1) is 11.2. The predicted molar refractivity (Wildman–Crippen MR) is 88.0 cm³/mol. The van der Waals surface area contributed by atoms with Crippen molar-refractivity contribution in [2.24, 2.45) is 4.99 Å². The van der Waals surface area contributed by atoms with Gasteiger partial charge in [-0.05, 0) is 24.6 Å². The van der Waals surface area contributed by atoms with Gasteiger partial charge in [-0.2, -0.15) is 5.26 Å². The number of amides is 1. The molecule has 0 atom stereocenters. The van der Waals surface area contributed by atoms with Gasteiger partial charge in [-0.15, -0.1) is 0 Å². The van der Waals surface area contributed by atoms with Crippen molar-refractivity contribution in [3.63, 3.8) is 0 Å². The van der Waals surface area contributed by atoms with Gasteiger partial charge in [0.1, 0.15) is 0 Å². The zero-order valence-electron chi connectivity index (χ0n) is 13.4. The molecule has 23 heavy (non-hydrogen) atoms. The van der Waals surface area contributed by atoms with Crippen molar-refractivity contribution < 1.29 is 9.90 Å². The molecule has 124 valence electrons. The second-order valence-electron chi connectivity index (χ2n) is 4.82. The Morgan fingerprint density at radius 1 is 1.61 bits per heavy atom. The van der Waals surface area contributed by atoms with Gasteiger partial charge in [-0.1, -0.05) is 0 Å². The molecule has 7 nitrogen and oxygen atoms in total. The monoisotopic (exact) mass is 317 g/mol. The number of nitrogens with one attached hydrogen (secondary N) is 1. The van der Waals surface area contributed by atoms with E-state index in [1.165, 1.54) is 0 Å². The molecular weight excluding hydrogens is 294 g/mol. The van der Waals surface area contributed by atoms with Crippen LogP contribution >= 0.6 is 0 Å². The third kappa shape index (κ3) is 7.49. The Hall–Kier alpha value is -2.30. The second kappa shape index (κ2) is 11.3. The van der Waals surface area contributed by atoms with Gasteiger partial charge in [-0.25, -0.2) is 0 Å². The molecule has 1 heterocycles. The second-order valence-corrected chi connectivity index (χ2v) is 4.82. The third-order valence-electron chi connectivity index (χ3n) is 3.12. The summed E-state index contributed by atoms with van der Waals surface area (Å²) in [5.74, 6) is -0.0246. The lowest BCUT2D eigenvalue weighted by Crippen LogP contribution is -2.38.